The van der Waals surface area contributed by atoms with E-state index in [1.807, 2.05) is 60.7 Å². The van der Waals surface area contributed by atoms with Crippen LogP contribution in [0, 0.1) is 22.0 Å². The first kappa shape index (κ1) is 30.0. The number of para-hydroxylation sites is 2. The quantitative estimate of drug-likeness (QED) is 0.103. The molecule has 0 spiro atoms. The molecule has 0 unspecified atom stereocenters. The fraction of sp³-hybridized carbons (Fsp3) is 0.103. The van der Waals surface area contributed by atoms with E-state index in [0.29, 0.717) is 43.4 Å². The number of halogens is 2. The summed E-state index contributed by atoms with van der Waals surface area (Å²) in [7, 11) is 0. The summed E-state index contributed by atoms with van der Waals surface area (Å²) in [6, 6.07) is 38.1. The molecule has 4 atom stereocenters. The lowest BCUT2D eigenvalue weighted by Crippen LogP contribution is -2.45. The van der Waals surface area contributed by atoms with Crippen molar-refractivity contribution in [1.82, 2.24) is 0 Å². The van der Waals surface area contributed by atoms with Crippen LogP contribution in [0.5, 0.6) is 0 Å². The molecule has 3 aliphatic rings. The van der Waals surface area contributed by atoms with E-state index in [9.17, 15) is 10.1 Å². The maximum Gasteiger partial charge on any atom is 0.293 e. The van der Waals surface area contributed by atoms with Gasteiger partial charge in [-0.1, -0.05) is 120 Å². The first-order chi connectivity index (χ1) is 23.2. The Kier molecular flexibility index (Phi) is 6.77. The van der Waals surface area contributed by atoms with Crippen LogP contribution in [0.15, 0.2) is 133 Å². The number of hydrogen-bond donors (Lipinski definition) is 0. The number of benzene rings is 5. The maximum atomic E-state index is 15.9. The monoisotopic (exact) mass is 670 g/mol. The largest absolute Gasteiger partial charge is 0.297 e. The van der Waals surface area contributed by atoms with E-state index in [1.54, 1.807) is 54.6 Å². The summed E-state index contributed by atoms with van der Waals surface area (Å²) in [6.45, 7) is 0. The highest BCUT2D eigenvalue weighted by atomic mass is 35.5. The van der Waals surface area contributed by atoms with Gasteiger partial charge in [-0.2, -0.15) is 0 Å². The molecule has 0 radical (unpaired) electrons. The summed E-state index contributed by atoms with van der Waals surface area (Å²) in [5, 5.41) is 13.1. The summed E-state index contributed by atoms with van der Waals surface area (Å²) in [5.41, 5.74) is -0.268. The highest BCUT2D eigenvalue weighted by Gasteiger charge is 2.83. The number of carbonyl (C=O) groups excluding carboxylic acids is 3. The van der Waals surface area contributed by atoms with Crippen molar-refractivity contribution < 1.29 is 19.3 Å². The number of nitrogens with zero attached hydrogens (tertiary/aromatic N) is 2. The Morgan fingerprint density at radius 1 is 0.562 bits per heavy atom. The minimum absolute atomic E-state index is 0.140. The molecule has 1 heterocycles. The van der Waals surface area contributed by atoms with Gasteiger partial charge in [-0.25, -0.2) is 4.90 Å². The van der Waals surface area contributed by atoms with Gasteiger partial charge in [0, 0.05) is 16.1 Å². The summed E-state index contributed by atoms with van der Waals surface area (Å²) in [4.78, 5) is 58.6. The first-order valence-electron chi connectivity index (χ1n) is 15.3. The van der Waals surface area contributed by atoms with E-state index in [0.717, 1.165) is 4.90 Å². The van der Waals surface area contributed by atoms with Gasteiger partial charge in [0.05, 0.1) is 27.6 Å². The second-order valence-electron chi connectivity index (χ2n) is 12.2. The number of fused-ring (bicyclic) bond motifs is 5. The molecule has 7 nitrogen and oxygen atoms in total. The van der Waals surface area contributed by atoms with Crippen LogP contribution >= 0.6 is 23.2 Å². The molecular formula is C39H24Cl2N2O5. The lowest BCUT2D eigenvalue weighted by molar-refractivity contribution is -0.384. The third kappa shape index (κ3) is 3.80. The van der Waals surface area contributed by atoms with E-state index >= 15 is 14.4 Å². The molecule has 234 valence electrons. The van der Waals surface area contributed by atoms with Crippen molar-refractivity contribution in [3.8, 4) is 0 Å². The van der Waals surface area contributed by atoms with Crippen LogP contribution in [0.4, 0.5) is 11.4 Å². The molecular weight excluding hydrogens is 647 g/mol. The van der Waals surface area contributed by atoms with Gasteiger partial charge in [0.15, 0.2) is 5.78 Å². The fourth-order valence-corrected chi connectivity index (χ4v) is 8.65. The zero-order valence-electron chi connectivity index (χ0n) is 25.0. The number of rotatable bonds is 6. The normalized spacial score (nSPS) is 24.4. The van der Waals surface area contributed by atoms with Gasteiger partial charge in [-0.15, -0.1) is 0 Å². The molecule has 9 heteroatoms. The number of anilines is 1. The van der Waals surface area contributed by atoms with Gasteiger partial charge in [-0.3, -0.25) is 24.5 Å². The molecule has 5 aromatic rings. The maximum absolute atomic E-state index is 15.9. The fourth-order valence-electron chi connectivity index (χ4n) is 8.40. The predicted octanol–water partition coefficient (Wildman–Crippen LogP) is 8.09. The van der Waals surface area contributed by atoms with E-state index < -0.39 is 45.1 Å². The summed E-state index contributed by atoms with van der Waals surface area (Å²) in [5.74, 6) is -4.16. The van der Waals surface area contributed by atoms with Crippen LogP contribution < -0.4 is 4.90 Å². The Labute approximate surface area is 285 Å². The number of hydrogen-bond acceptors (Lipinski definition) is 5. The molecule has 2 amide bonds. The second-order valence-corrected chi connectivity index (χ2v) is 13.0. The number of ketones is 1. The van der Waals surface area contributed by atoms with Crippen molar-refractivity contribution in [1.29, 1.82) is 0 Å². The minimum Gasteiger partial charge on any atom is -0.297 e. The second kappa shape index (κ2) is 10.8. The summed E-state index contributed by atoms with van der Waals surface area (Å²) >= 11 is 12.8. The molecule has 2 aliphatic carbocycles. The molecule has 0 aromatic heterocycles. The van der Waals surface area contributed by atoms with Crippen LogP contribution in [-0.2, 0) is 25.2 Å². The zero-order valence-corrected chi connectivity index (χ0v) is 26.6. The van der Waals surface area contributed by atoms with Crippen LogP contribution in [0.3, 0.4) is 0 Å². The van der Waals surface area contributed by atoms with Crippen molar-refractivity contribution in [3.63, 3.8) is 0 Å². The average molecular weight is 672 g/mol. The number of Topliss-reactive ketones (excluding diaryl/α,β-unsaturated/α-hetero) is 1. The van der Waals surface area contributed by atoms with Gasteiger partial charge in [0.1, 0.15) is 5.69 Å². The smallest absolute Gasteiger partial charge is 0.293 e. The van der Waals surface area contributed by atoms with Gasteiger partial charge in [-0.05, 0) is 63.7 Å². The van der Waals surface area contributed by atoms with Crippen molar-refractivity contribution in [2.75, 3.05) is 4.90 Å². The van der Waals surface area contributed by atoms with E-state index in [2.05, 4.69) is 0 Å². The third-order valence-electron chi connectivity index (χ3n) is 10.0. The molecule has 1 aliphatic heterocycles. The molecule has 1 saturated carbocycles. The Hall–Kier alpha value is -5.37. The molecule has 1 saturated heterocycles. The predicted molar refractivity (Wildman–Crippen MR) is 184 cm³/mol. The molecule has 5 aromatic carbocycles. The molecule has 2 bridgehead atoms. The van der Waals surface area contributed by atoms with Gasteiger partial charge in [0.2, 0.25) is 11.8 Å². The first-order valence-corrected chi connectivity index (χ1v) is 16.0. The lowest BCUT2D eigenvalue weighted by atomic mass is 9.59. The van der Waals surface area contributed by atoms with Crippen molar-refractivity contribution in [3.05, 3.63) is 176 Å². The van der Waals surface area contributed by atoms with Gasteiger partial charge < -0.3 is 0 Å². The zero-order chi connectivity index (χ0) is 33.4. The average Bonchev–Trinajstić information content (AvgIpc) is 3.61. The highest BCUT2D eigenvalue weighted by molar-refractivity contribution is 6.39. The van der Waals surface area contributed by atoms with E-state index in [4.69, 9.17) is 23.2 Å². The Bertz CT molecular complexity index is 2080. The topological polar surface area (TPSA) is 97.6 Å². The number of nitro groups is 1. The number of nitro benzene ring substituents is 1. The minimum atomic E-state index is -1.67. The van der Waals surface area contributed by atoms with Crippen molar-refractivity contribution >= 4 is 63.3 Å². The Morgan fingerprint density at radius 2 is 0.958 bits per heavy atom. The van der Waals surface area contributed by atoms with Crippen LogP contribution in [0.1, 0.15) is 22.3 Å². The van der Waals surface area contributed by atoms with Crippen molar-refractivity contribution in [2.24, 2.45) is 11.8 Å². The summed E-state index contributed by atoms with van der Waals surface area (Å²) in [6.07, 6.45) is 0. The number of amides is 2. The van der Waals surface area contributed by atoms with E-state index in [1.165, 1.54) is 18.2 Å². The summed E-state index contributed by atoms with van der Waals surface area (Å²) < 4.78 is 0. The SMILES string of the molecule is O=C1[C@@H]2[C@H](C(=O)N1c1ccccc1[N+](=O)[O-])[C@]1(c3ccc(Cl)cc3)C(=O)[C@]2(c2ccc(Cl)cc2)C(c2ccccc2)=C1c1ccccc1. The van der Waals surface area contributed by atoms with Gasteiger partial charge >= 0.3 is 0 Å². The van der Waals surface area contributed by atoms with Crippen molar-refractivity contribution in [2.45, 2.75) is 10.8 Å². The molecule has 0 N–H and O–H groups in total. The van der Waals surface area contributed by atoms with Crippen LogP contribution in [0.2, 0.25) is 10.0 Å². The molecule has 8 rings (SSSR count). The van der Waals surface area contributed by atoms with Gasteiger partial charge in [0.25, 0.3) is 5.69 Å². The number of allylic oxidation sites excluding steroid dienone is 2. The van der Waals surface area contributed by atoms with Crippen LogP contribution in [-0.4, -0.2) is 22.5 Å². The Morgan fingerprint density at radius 3 is 1.38 bits per heavy atom. The van der Waals surface area contributed by atoms with E-state index in [-0.39, 0.29) is 11.5 Å². The Balaban J connectivity index is 1.56. The lowest BCUT2D eigenvalue weighted by Gasteiger charge is -2.39. The van der Waals surface area contributed by atoms with Crippen LogP contribution in [0.25, 0.3) is 11.1 Å². The molecule has 2 fully saturated rings. The third-order valence-corrected chi connectivity index (χ3v) is 10.5. The number of carbonyl (C=O) groups is 3. The highest BCUT2D eigenvalue weighted by Crippen LogP contribution is 2.74. The molecule has 48 heavy (non-hydrogen) atoms. The number of imide groups is 1. The standard InChI is InChI=1S/C39H24Cl2N2O5/c40-27-19-15-25(16-20-27)38-31(23-9-3-1-4-10-23)32(24-11-5-2-6-12-24)39(37(38)46,26-17-21-28(41)22-18-26)34-33(38)35(44)42(36(34)45)29-13-7-8-14-30(29)43(47)48/h1-22,33-34H/t33-,34+,38-,39-/m1/s1.